The molecular weight excluding hydrogens is 274 g/mol. The minimum absolute atomic E-state index is 0.0535. The zero-order valence-corrected chi connectivity index (χ0v) is 12.3. The predicted molar refractivity (Wildman–Crippen MR) is 79.9 cm³/mol. The van der Waals surface area contributed by atoms with Crippen molar-refractivity contribution in [3.05, 3.63) is 35.9 Å². The lowest BCUT2D eigenvalue weighted by Crippen LogP contribution is -2.42. The molecule has 1 aliphatic heterocycles. The highest BCUT2D eigenvalue weighted by Gasteiger charge is 2.37. The molecule has 0 aliphatic carbocycles. The Morgan fingerprint density at radius 3 is 2.65 bits per heavy atom. The number of nitrogens with one attached hydrogen (secondary N) is 1. The molecule has 1 aromatic carbocycles. The molecule has 0 aromatic heterocycles. The van der Waals surface area contributed by atoms with Crippen LogP contribution in [0.4, 0.5) is 0 Å². The van der Waals surface area contributed by atoms with Gasteiger partial charge in [-0.25, -0.2) is 0 Å². The largest absolute Gasteiger partial charge is 0.481 e. The van der Waals surface area contributed by atoms with Crippen molar-refractivity contribution in [3.63, 3.8) is 0 Å². The fraction of sp³-hybridized carbons (Fsp3) is 0.467. The van der Waals surface area contributed by atoms with Crippen molar-refractivity contribution in [1.82, 2.24) is 5.32 Å². The molecule has 1 aliphatic rings. The van der Waals surface area contributed by atoms with Crippen LogP contribution in [0.5, 0.6) is 0 Å². The van der Waals surface area contributed by atoms with Gasteiger partial charge in [0.25, 0.3) is 0 Å². The van der Waals surface area contributed by atoms with E-state index in [4.69, 9.17) is 0 Å². The third kappa shape index (κ3) is 3.33. The topological polar surface area (TPSA) is 66.4 Å². The molecule has 2 unspecified atom stereocenters. The Bertz CT molecular complexity index is 483. The van der Waals surface area contributed by atoms with Gasteiger partial charge in [-0.1, -0.05) is 30.3 Å². The number of aliphatic carboxylic acids is 1. The lowest BCUT2D eigenvalue weighted by molar-refractivity contribution is -0.138. The van der Waals surface area contributed by atoms with E-state index in [2.05, 4.69) is 5.32 Å². The van der Waals surface area contributed by atoms with E-state index >= 15 is 0 Å². The molecule has 0 saturated carbocycles. The molecule has 0 radical (unpaired) electrons. The zero-order chi connectivity index (χ0) is 14.6. The average Bonchev–Trinajstić information content (AvgIpc) is 2.88. The predicted octanol–water partition coefficient (Wildman–Crippen LogP) is 2.26. The third-order valence-corrected chi connectivity index (χ3v) is 5.19. The molecule has 2 rings (SSSR count). The van der Waals surface area contributed by atoms with Crippen LogP contribution < -0.4 is 5.32 Å². The van der Waals surface area contributed by atoms with Gasteiger partial charge in [0, 0.05) is 6.54 Å². The van der Waals surface area contributed by atoms with E-state index in [1.807, 2.05) is 13.0 Å². The summed E-state index contributed by atoms with van der Waals surface area (Å²) in [7, 11) is 0. The quantitative estimate of drug-likeness (QED) is 0.874. The van der Waals surface area contributed by atoms with E-state index < -0.39 is 16.6 Å². The molecule has 1 heterocycles. The molecule has 1 fully saturated rings. The number of carboxylic acid groups (broad SMARTS) is 1. The number of carbonyl (C=O) groups excluding carboxylic acids is 1. The highest BCUT2D eigenvalue weighted by molar-refractivity contribution is 8.01. The summed E-state index contributed by atoms with van der Waals surface area (Å²) in [6.07, 6.45) is 1.89. The van der Waals surface area contributed by atoms with Crippen LogP contribution in [0.15, 0.2) is 30.3 Å². The van der Waals surface area contributed by atoms with Crippen molar-refractivity contribution in [2.45, 2.75) is 30.4 Å². The van der Waals surface area contributed by atoms with E-state index in [0.29, 0.717) is 5.56 Å². The number of amides is 1. The molecule has 2 N–H and O–H groups in total. The van der Waals surface area contributed by atoms with Crippen LogP contribution in [-0.4, -0.2) is 34.0 Å². The fourth-order valence-electron chi connectivity index (χ4n) is 2.37. The van der Waals surface area contributed by atoms with Crippen molar-refractivity contribution in [3.8, 4) is 0 Å². The zero-order valence-electron chi connectivity index (χ0n) is 11.5. The Labute approximate surface area is 123 Å². The van der Waals surface area contributed by atoms with Crippen LogP contribution in [0.3, 0.4) is 0 Å². The third-order valence-electron chi connectivity index (χ3n) is 3.67. The van der Waals surface area contributed by atoms with Gasteiger partial charge < -0.3 is 10.4 Å². The van der Waals surface area contributed by atoms with E-state index in [0.717, 1.165) is 18.6 Å². The number of hydrogen-bond acceptors (Lipinski definition) is 3. The number of hydrogen-bond donors (Lipinski definition) is 2. The van der Waals surface area contributed by atoms with Crippen molar-refractivity contribution >= 4 is 23.6 Å². The molecule has 4 nitrogen and oxygen atoms in total. The highest BCUT2D eigenvalue weighted by atomic mass is 32.2. The average molecular weight is 293 g/mol. The monoisotopic (exact) mass is 293 g/mol. The molecule has 5 heteroatoms. The maximum absolute atomic E-state index is 12.2. The summed E-state index contributed by atoms with van der Waals surface area (Å²) in [5.41, 5.74) is 0.713. The second-order valence-corrected chi connectivity index (χ2v) is 6.79. The SMILES string of the molecule is CC1(C(=O)NCC(C(=O)O)c2ccccc2)CCCS1. The van der Waals surface area contributed by atoms with Crippen LogP contribution >= 0.6 is 11.8 Å². The van der Waals surface area contributed by atoms with Gasteiger partial charge in [-0.3, -0.25) is 9.59 Å². The van der Waals surface area contributed by atoms with E-state index in [1.54, 1.807) is 36.0 Å². The van der Waals surface area contributed by atoms with Crippen molar-refractivity contribution < 1.29 is 14.7 Å². The van der Waals surface area contributed by atoms with Gasteiger partial charge in [-0.05, 0) is 31.1 Å². The smallest absolute Gasteiger partial charge is 0.312 e. The summed E-state index contributed by atoms with van der Waals surface area (Å²) in [6.45, 7) is 2.06. The summed E-state index contributed by atoms with van der Waals surface area (Å²) < 4.78 is -0.403. The van der Waals surface area contributed by atoms with Crippen LogP contribution in [0.2, 0.25) is 0 Å². The maximum atomic E-state index is 12.2. The number of carboxylic acids is 1. The Morgan fingerprint density at radius 2 is 2.10 bits per heavy atom. The number of rotatable bonds is 5. The summed E-state index contributed by atoms with van der Waals surface area (Å²) in [5, 5.41) is 12.1. The molecule has 0 spiro atoms. The lowest BCUT2D eigenvalue weighted by Gasteiger charge is -2.23. The first kappa shape index (κ1) is 14.9. The summed E-state index contributed by atoms with van der Waals surface area (Å²) in [5.74, 6) is -0.677. The molecule has 1 amide bonds. The Morgan fingerprint density at radius 1 is 1.40 bits per heavy atom. The second-order valence-electron chi connectivity index (χ2n) is 5.19. The second kappa shape index (κ2) is 6.31. The van der Waals surface area contributed by atoms with Gasteiger partial charge >= 0.3 is 5.97 Å². The van der Waals surface area contributed by atoms with Gasteiger partial charge in [0.1, 0.15) is 0 Å². The Balaban J connectivity index is 2.00. The minimum Gasteiger partial charge on any atom is -0.481 e. The normalized spacial score (nSPS) is 23.2. The number of carbonyl (C=O) groups is 2. The van der Waals surface area contributed by atoms with Crippen molar-refractivity contribution in [2.24, 2.45) is 0 Å². The van der Waals surface area contributed by atoms with Crippen LogP contribution in [0.1, 0.15) is 31.2 Å². The van der Waals surface area contributed by atoms with Gasteiger partial charge in [0.15, 0.2) is 0 Å². The van der Waals surface area contributed by atoms with Gasteiger partial charge in [0.2, 0.25) is 5.91 Å². The lowest BCUT2D eigenvalue weighted by atomic mass is 9.98. The van der Waals surface area contributed by atoms with E-state index in [-0.39, 0.29) is 12.5 Å². The fourth-order valence-corrected chi connectivity index (χ4v) is 3.60. The first-order valence-electron chi connectivity index (χ1n) is 6.73. The van der Waals surface area contributed by atoms with E-state index in [1.165, 1.54) is 0 Å². The first-order chi connectivity index (χ1) is 9.53. The minimum atomic E-state index is -0.916. The van der Waals surface area contributed by atoms with Crippen molar-refractivity contribution in [1.29, 1.82) is 0 Å². The van der Waals surface area contributed by atoms with Gasteiger partial charge in [-0.2, -0.15) is 0 Å². The number of benzene rings is 1. The molecule has 0 bridgehead atoms. The maximum Gasteiger partial charge on any atom is 0.312 e. The van der Waals surface area contributed by atoms with Crippen LogP contribution in [0, 0.1) is 0 Å². The Kier molecular flexibility index (Phi) is 4.70. The molecular formula is C15H19NO3S. The van der Waals surface area contributed by atoms with Crippen LogP contribution in [-0.2, 0) is 9.59 Å². The first-order valence-corrected chi connectivity index (χ1v) is 7.71. The Hall–Kier alpha value is -1.49. The van der Waals surface area contributed by atoms with Gasteiger partial charge in [-0.15, -0.1) is 11.8 Å². The standard InChI is InChI=1S/C15H19NO3S/c1-15(8-5-9-20-15)14(19)16-10-12(13(17)18)11-6-3-2-4-7-11/h2-4,6-7,12H,5,8-10H2,1H3,(H,16,19)(H,17,18). The summed E-state index contributed by atoms with van der Waals surface area (Å²) in [4.78, 5) is 23.6. The van der Waals surface area contributed by atoms with Crippen LogP contribution in [0.25, 0.3) is 0 Å². The van der Waals surface area contributed by atoms with E-state index in [9.17, 15) is 14.7 Å². The molecule has 1 aromatic rings. The molecule has 20 heavy (non-hydrogen) atoms. The molecule has 2 atom stereocenters. The highest BCUT2D eigenvalue weighted by Crippen LogP contribution is 2.37. The number of thioether (sulfide) groups is 1. The molecule has 1 saturated heterocycles. The van der Waals surface area contributed by atoms with Crippen molar-refractivity contribution in [2.75, 3.05) is 12.3 Å². The summed E-state index contributed by atoms with van der Waals surface area (Å²) in [6, 6.07) is 9.01. The van der Waals surface area contributed by atoms with Gasteiger partial charge in [0.05, 0.1) is 10.7 Å². The summed E-state index contributed by atoms with van der Waals surface area (Å²) >= 11 is 1.65. The molecule has 108 valence electrons.